The van der Waals surface area contributed by atoms with Crippen LogP contribution in [-0.2, 0) is 19.2 Å². The molecule has 0 fully saturated rings. The van der Waals surface area contributed by atoms with Crippen molar-refractivity contribution in [2.45, 2.75) is 51.7 Å². The minimum absolute atomic E-state index is 0.113. The minimum Gasteiger partial charge on any atom is -0.355 e. The lowest BCUT2D eigenvalue weighted by Gasteiger charge is -2.19. The summed E-state index contributed by atoms with van der Waals surface area (Å²) in [7, 11) is 3.36. The Morgan fingerprint density at radius 2 is 1.48 bits per heavy atom. The van der Waals surface area contributed by atoms with Gasteiger partial charge >= 0.3 is 0 Å². The van der Waals surface area contributed by atoms with Crippen LogP contribution in [0, 0.1) is 5.92 Å². The van der Waals surface area contributed by atoms with Crippen LogP contribution < -0.4 is 31.9 Å². The molecular formula is C19H38N6O4. The number of likely N-dealkylation sites (N-methyl/N-ethyl adjacent to an activating group) is 3. The molecule has 29 heavy (non-hydrogen) atoms. The first-order valence-corrected chi connectivity index (χ1v) is 10.2. The van der Waals surface area contributed by atoms with Gasteiger partial charge in [0.15, 0.2) is 0 Å². The zero-order chi connectivity index (χ0) is 22.2. The highest BCUT2D eigenvalue weighted by Gasteiger charge is 2.19. The Morgan fingerprint density at radius 3 is 2.03 bits per heavy atom. The molecule has 0 aliphatic heterocycles. The quantitative estimate of drug-likeness (QED) is 0.163. The van der Waals surface area contributed by atoms with Crippen LogP contribution >= 0.6 is 0 Å². The molecule has 0 aromatic carbocycles. The van der Waals surface area contributed by atoms with Crippen LogP contribution in [0.25, 0.3) is 0 Å². The van der Waals surface area contributed by atoms with Gasteiger partial charge in [-0.05, 0) is 40.4 Å². The van der Waals surface area contributed by atoms with Gasteiger partial charge in [0, 0.05) is 25.6 Å². The van der Waals surface area contributed by atoms with Crippen LogP contribution in [0.2, 0.25) is 0 Å². The molecule has 0 aromatic rings. The van der Waals surface area contributed by atoms with Crippen LogP contribution in [0.3, 0.4) is 0 Å². The molecule has 168 valence electrons. The third-order valence-electron chi connectivity index (χ3n) is 4.68. The number of carbonyl (C=O) groups excluding carboxylic acids is 4. The highest BCUT2D eigenvalue weighted by atomic mass is 16.2. The van der Waals surface area contributed by atoms with Gasteiger partial charge in [-0.1, -0.05) is 13.8 Å². The molecule has 4 unspecified atom stereocenters. The highest BCUT2D eigenvalue weighted by Crippen LogP contribution is 2.01. The van der Waals surface area contributed by atoms with Gasteiger partial charge in [-0.2, -0.15) is 0 Å². The molecule has 10 nitrogen and oxygen atoms in total. The Bertz CT molecular complexity index is 517. The fourth-order valence-electron chi connectivity index (χ4n) is 2.47. The van der Waals surface area contributed by atoms with Crippen molar-refractivity contribution in [3.05, 3.63) is 0 Å². The van der Waals surface area contributed by atoms with Gasteiger partial charge in [0.2, 0.25) is 17.7 Å². The summed E-state index contributed by atoms with van der Waals surface area (Å²) in [6, 6.07) is -1.12. The number of nitrogens with one attached hydrogen (secondary N) is 6. The lowest BCUT2D eigenvalue weighted by Crippen LogP contribution is -2.48. The van der Waals surface area contributed by atoms with E-state index in [1.807, 2.05) is 6.92 Å². The van der Waals surface area contributed by atoms with E-state index >= 15 is 0 Å². The number of hydrogen-bond acceptors (Lipinski definition) is 7. The minimum atomic E-state index is -0.418. The molecule has 0 spiro atoms. The first kappa shape index (κ1) is 27.0. The van der Waals surface area contributed by atoms with E-state index in [-0.39, 0.29) is 36.2 Å². The fourth-order valence-corrected chi connectivity index (χ4v) is 2.47. The topological polar surface area (TPSA) is 140 Å². The van der Waals surface area contributed by atoms with Gasteiger partial charge in [-0.25, -0.2) is 0 Å². The molecule has 0 heterocycles. The number of aldehydes is 1. The Morgan fingerprint density at radius 1 is 0.862 bits per heavy atom. The van der Waals surface area contributed by atoms with Gasteiger partial charge in [0.05, 0.1) is 18.1 Å². The largest absolute Gasteiger partial charge is 0.355 e. The van der Waals surface area contributed by atoms with E-state index in [1.165, 1.54) is 0 Å². The summed E-state index contributed by atoms with van der Waals surface area (Å²) in [5.74, 6) is -0.727. The summed E-state index contributed by atoms with van der Waals surface area (Å²) in [6.45, 7) is 7.05. The first-order valence-electron chi connectivity index (χ1n) is 10.2. The monoisotopic (exact) mass is 414 g/mol. The van der Waals surface area contributed by atoms with Crippen molar-refractivity contribution in [1.82, 2.24) is 31.9 Å². The molecule has 10 heteroatoms. The van der Waals surface area contributed by atoms with Crippen LogP contribution in [0.1, 0.15) is 33.6 Å². The van der Waals surface area contributed by atoms with E-state index in [9.17, 15) is 19.2 Å². The number of carbonyl (C=O) groups is 4. The van der Waals surface area contributed by atoms with Gasteiger partial charge in [0.25, 0.3) is 0 Å². The van der Waals surface area contributed by atoms with Gasteiger partial charge in [0.1, 0.15) is 6.29 Å². The lowest BCUT2D eigenvalue weighted by molar-refractivity contribution is -0.126. The standard InChI is InChI=1S/C19H38N6O4/c1-6-22-16(8-10-23-18(28)14(3)20-4)19(29)24-9-7-13(2)17(27)25-11-15(12-26)21-5/h12-16,20-22H,6-11H2,1-5H3,(H,23,28)(H,24,29)(H,25,27). The smallest absolute Gasteiger partial charge is 0.237 e. The number of amides is 3. The molecular weight excluding hydrogens is 376 g/mol. The van der Waals surface area contributed by atoms with Crippen LogP contribution in [0.4, 0.5) is 0 Å². The Kier molecular flexibility index (Phi) is 14.7. The number of hydrogen-bond donors (Lipinski definition) is 6. The molecule has 6 N–H and O–H groups in total. The van der Waals surface area contributed by atoms with E-state index < -0.39 is 12.1 Å². The molecule has 0 rings (SSSR count). The average molecular weight is 415 g/mol. The average Bonchev–Trinajstić information content (AvgIpc) is 2.72. The maximum atomic E-state index is 12.4. The lowest BCUT2D eigenvalue weighted by atomic mass is 10.1. The van der Waals surface area contributed by atoms with E-state index in [2.05, 4.69) is 31.9 Å². The van der Waals surface area contributed by atoms with Gasteiger partial charge in [-0.15, -0.1) is 0 Å². The predicted molar refractivity (Wildman–Crippen MR) is 112 cm³/mol. The van der Waals surface area contributed by atoms with E-state index in [0.717, 1.165) is 6.29 Å². The SMILES string of the molecule is CCNC(CCNC(=O)C(C)NC)C(=O)NCCC(C)C(=O)NCC(C=O)NC. The van der Waals surface area contributed by atoms with Crippen LogP contribution in [0.15, 0.2) is 0 Å². The van der Waals surface area contributed by atoms with E-state index in [4.69, 9.17) is 0 Å². The zero-order valence-corrected chi connectivity index (χ0v) is 18.3. The van der Waals surface area contributed by atoms with Gasteiger partial charge < -0.3 is 36.7 Å². The number of rotatable bonds is 16. The van der Waals surface area contributed by atoms with Crippen molar-refractivity contribution in [3.63, 3.8) is 0 Å². The maximum absolute atomic E-state index is 12.4. The summed E-state index contributed by atoms with van der Waals surface area (Å²) in [5.41, 5.74) is 0. The summed E-state index contributed by atoms with van der Waals surface area (Å²) in [6.07, 6.45) is 1.70. The van der Waals surface area contributed by atoms with Crippen molar-refractivity contribution < 1.29 is 19.2 Å². The molecule has 0 aliphatic carbocycles. The fraction of sp³-hybridized carbons (Fsp3) is 0.789. The van der Waals surface area contributed by atoms with E-state index in [0.29, 0.717) is 32.5 Å². The van der Waals surface area contributed by atoms with Gasteiger partial charge in [-0.3, -0.25) is 14.4 Å². The molecule has 0 saturated heterocycles. The molecule has 0 bridgehead atoms. The van der Waals surface area contributed by atoms with Crippen LogP contribution in [-0.4, -0.2) is 82.4 Å². The molecule has 0 aliphatic rings. The molecule has 0 saturated carbocycles. The van der Waals surface area contributed by atoms with Crippen molar-refractivity contribution in [2.24, 2.45) is 5.92 Å². The Hall–Kier alpha value is -2.04. The summed E-state index contributed by atoms with van der Waals surface area (Å²) in [5, 5.41) is 17.1. The molecule has 0 aromatic heterocycles. The zero-order valence-electron chi connectivity index (χ0n) is 18.3. The van der Waals surface area contributed by atoms with Crippen molar-refractivity contribution in [2.75, 3.05) is 40.3 Å². The normalized spacial score (nSPS) is 14.9. The predicted octanol–water partition coefficient (Wildman–Crippen LogP) is -1.88. The first-order chi connectivity index (χ1) is 13.8. The molecule has 0 radical (unpaired) electrons. The van der Waals surface area contributed by atoms with Crippen molar-refractivity contribution >= 4 is 24.0 Å². The summed E-state index contributed by atoms with van der Waals surface area (Å²) >= 11 is 0. The van der Waals surface area contributed by atoms with Crippen LogP contribution in [0.5, 0.6) is 0 Å². The second-order valence-corrected chi connectivity index (χ2v) is 6.96. The van der Waals surface area contributed by atoms with Crippen molar-refractivity contribution in [1.29, 1.82) is 0 Å². The van der Waals surface area contributed by atoms with Crippen molar-refractivity contribution in [3.8, 4) is 0 Å². The Balaban J connectivity index is 4.28. The molecule has 3 amide bonds. The Labute approximate surface area is 173 Å². The summed E-state index contributed by atoms with van der Waals surface area (Å²) in [4.78, 5) is 47.0. The third kappa shape index (κ3) is 11.5. The molecule has 4 atom stereocenters. The maximum Gasteiger partial charge on any atom is 0.237 e. The highest BCUT2D eigenvalue weighted by molar-refractivity contribution is 5.83. The van der Waals surface area contributed by atoms with E-state index in [1.54, 1.807) is 27.9 Å². The second kappa shape index (κ2) is 15.8. The third-order valence-corrected chi connectivity index (χ3v) is 4.68. The summed E-state index contributed by atoms with van der Waals surface area (Å²) < 4.78 is 0. The second-order valence-electron chi connectivity index (χ2n) is 6.96.